The predicted molar refractivity (Wildman–Crippen MR) is 87.4 cm³/mol. The molecule has 0 bridgehead atoms. The Morgan fingerprint density at radius 1 is 1.15 bits per heavy atom. The molecule has 2 N–H and O–H groups in total. The number of allylic oxidation sites excluding steroid dienone is 1. The molecule has 2 nitrogen and oxygen atoms in total. The Kier molecular flexibility index (Phi) is 5.56. The first-order valence-electron chi connectivity index (χ1n) is 6.59. The normalized spacial score (nSPS) is 10.2. The standard InChI is InChI=1S/C17H19NOS/c1-2-6-14-13-15(18)9-10-17(14)19-11-12-20-16-7-4-3-5-8-16/h2-5,7-10,13H,1,6,11-12,18H2. The first-order chi connectivity index (χ1) is 9.79. The van der Waals surface area contributed by atoms with Gasteiger partial charge in [-0.1, -0.05) is 24.3 Å². The van der Waals surface area contributed by atoms with E-state index in [2.05, 4.69) is 18.7 Å². The van der Waals surface area contributed by atoms with Crippen LogP contribution in [0.1, 0.15) is 5.56 Å². The van der Waals surface area contributed by atoms with Crippen LogP contribution in [0.5, 0.6) is 5.75 Å². The lowest BCUT2D eigenvalue weighted by molar-refractivity contribution is 0.341. The van der Waals surface area contributed by atoms with E-state index in [-0.39, 0.29) is 0 Å². The van der Waals surface area contributed by atoms with Crippen molar-refractivity contribution in [2.45, 2.75) is 11.3 Å². The van der Waals surface area contributed by atoms with Gasteiger partial charge in [-0.25, -0.2) is 0 Å². The highest BCUT2D eigenvalue weighted by molar-refractivity contribution is 7.99. The van der Waals surface area contributed by atoms with E-state index in [0.29, 0.717) is 6.61 Å². The highest BCUT2D eigenvalue weighted by Crippen LogP contribution is 2.23. The Hall–Kier alpha value is -1.87. The Morgan fingerprint density at radius 3 is 2.70 bits per heavy atom. The van der Waals surface area contributed by atoms with Gasteiger partial charge in [0.2, 0.25) is 0 Å². The Morgan fingerprint density at radius 2 is 1.95 bits per heavy atom. The summed E-state index contributed by atoms with van der Waals surface area (Å²) in [4.78, 5) is 1.26. The average molecular weight is 285 g/mol. The minimum atomic E-state index is 0.674. The lowest BCUT2D eigenvalue weighted by Gasteiger charge is -2.11. The van der Waals surface area contributed by atoms with E-state index in [1.54, 1.807) is 11.8 Å². The molecule has 0 aromatic heterocycles. The van der Waals surface area contributed by atoms with Crippen molar-refractivity contribution in [2.75, 3.05) is 18.1 Å². The van der Waals surface area contributed by atoms with E-state index in [0.717, 1.165) is 29.2 Å². The van der Waals surface area contributed by atoms with Gasteiger partial charge in [0.15, 0.2) is 0 Å². The molecule has 0 spiro atoms. The zero-order valence-electron chi connectivity index (χ0n) is 11.4. The molecule has 20 heavy (non-hydrogen) atoms. The minimum absolute atomic E-state index is 0.674. The van der Waals surface area contributed by atoms with Crippen LogP contribution in [0, 0.1) is 0 Å². The van der Waals surface area contributed by atoms with Gasteiger partial charge in [-0.15, -0.1) is 18.3 Å². The van der Waals surface area contributed by atoms with Gasteiger partial charge in [-0.2, -0.15) is 0 Å². The molecule has 0 saturated heterocycles. The molecule has 0 aliphatic carbocycles. The summed E-state index contributed by atoms with van der Waals surface area (Å²) in [6.45, 7) is 4.44. The molecule has 2 rings (SSSR count). The molecule has 0 aliphatic heterocycles. The van der Waals surface area contributed by atoms with Gasteiger partial charge in [0, 0.05) is 16.3 Å². The number of nitrogen functional groups attached to an aromatic ring is 1. The molecular formula is C17H19NOS. The predicted octanol–water partition coefficient (Wildman–Crippen LogP) is 4.17. The van der Waals surface area contributed by atoms with Crippen molar-refractivity contribution >= 4 is 17.4 Å². The van der Waals surface area contributed by atoms with Gasteiger partial charge in [0.1, 0.15) is 5.75 Å². The molecular weight excluding hydrogens is 266 g/mol. The Labute approximate surface area is 124 Å². The van der Waals surface area contributed by atoms with Crippen LogP contribution >= 0.6 is 11.8 Å². The zero-order valence-corrected chi connectivity index (χ0v) is 12.2. The number of rotatable bonds is 7. The van der Waals surface area contributed by atoms with Gasteiger partial charge >= 0.3 is 0 Å². The van der Waals surface area contributed by atoms with Gasteiger partial charge in [0.25, 0.3) is 0 Å². The maximum absolute atomic E-state index is 5.84. The van der Waals surface area contributed by atoms with Crippen molar-refractivity contribution in [3.05, 3.63) is 66.7 Å². The maximum atomic E-state index is 5.84. The highest BCUT2D eigenvalue weighted by Gasteiger charge is 2.03. The van der Waals surface area contributed by atoms with Crippen LogP contribution in [-0.4, -0.2) is 12.4 Å². The van der Waals surface area contributed by atoms with Crippen LogP contribution in [0.4, 0.5) is 5.69 Å². The first kappa shape index (κ1) is 14.5. The van der Waals surface area contributed by atoms with Crippen LogP contribution in [0.15, 0.2) is 66.1 Å². The second kappa shape index (κ2) is 7.65. The maximum Gasteiger partial charge on any atom is 0.122 e. The number of hydrogen-bond donors (Lipinski definition) is 1. The van der Waals surface area contributed by atoms with Crippen LogP contribution in [0.2, 0.25) is 0 Å². The molecule has 0 aliphatic rings. The highest BCUT2D eigenvalue weighted by atomic mass is 32.2. The van der Waals surface area contributed by atoms with E-state index in [1.165, 1.54) is 4.90 Å². The number of thioether (sulfide) groups is 1. The third-order valence-corrected chi connectivity index (χ3v) is 3.78. The summed E-state index contributed by atoms with van der Waals surface area (Å²) < 4.78 is 5.84. The SMILES string of the molecule is C=CCc1cc(N)ccc1OCCSc1ccccc1. The van der Waals surface area contributed by atoms with Crippen molar-refractivity contribution in [1.82, 2.24) is 0 Å². The molecule has 3 heteroatoms. The number of benzene rings is 2. The average Bonchev–Trinajstić information content (AvgIpc) is 2.47. The summed E-state index contributed by atoms with van der Waals surface area (Å²) in [5, 5.41) is 0. The molecule has 0 unspecified atom stereocenters. The van der Waals surface area contributed by atoms with Crippen molar-refractivity contribution in [1.29, 1.82) is 0 Å². The number of anilines is 1. The van der Waals surface area contributed by atoms with E-state index in [9.17, 15) is 0 Å². The lowest BCUT2D eigenvalue weighted by Crippen LogP contribution is -2.03. The van der Waals surface area contributed by atoms with Crippen LogP contribution in [-0.2, 0) is 6.42 Å². The second-order valence-electron chi connectivity index (χ2n) is 4.37. The van der Waals surface area contributed by atoms with E-state index < -0.39 is 0 Å². The molecule has 2 aromatic carbocycles. The van der Waals surface area contributed by atoms with Crippen molar-refractivity contribution < 1.29 is 4.74 Å². The molecule has 104 valence electrons. The monoisotopic (exact) mass is 285 g/mol. The summed E-state index contributed by atoms with van der Waals surface area (Å²) in [6.07, 6.45) is 2.63. The minimum Gasteiger partial charge on any atom is -0.492 e. The summed E-state index contributed by atoms with van der Waals surface area (Å²) in [7, 11) is 0. The topological polar surface area (TPSA) is 35.2 Å². The Bertz CT molecular complexity index is 554. The molecule has 0 saturated carbocycles. The van der Waals surface area contributed by atoms with Crippen LogP contribution < -0.4 is 10.5 Å². The number of nitrogens with two attached hydrogens (primary N) is 1. The van der Waals surface area contributed by atoms with E-state index in [4.69, 9.17) is 10.5 Å². The fraction of sp³-hybridized carbons (Fsp3) is 0.176. The lowest BCUT2D eigenvalue weighted by atomic mass is 10.1. The third kappa shape index (κ3) is 4.35. The first-order valence-corrected chi connectivity index (χ1v) is 7.58. The molecule has 2 aromatic rings. The van der Waals surface area contributed by atoms with Gasteiger partial charge in [-0.05, 0) is 42.3 Å². The van der Waals surface area contributed by atoms with Crippen molar-refractivity contribution in [3.8, 4) is 5.75 Å². The number of hydrogen-bond acceptors (Lipinski definition) is 3. The summed E-state index contributed by atoms with van der Waals surface area (Å²) in [5.41, 5.74) is 7.64. The van der Waals surface area contributed by atoms with Crippen LogP contribution in [0.25, 0.3) is 0 Å². The molecule has 0 radical (unpaired) electrons. The zero-order chi connectivity index (χ0) is 14.2. The van der Waals surface area contributed by atoms with E-state index in [1.807, 2.05) is 42.5 Å². The summed E-state index contributed by atoms with van der Waals surface area (Å²) in [5.74, 6) is 1.81. The largest absolute Gasteiger partial charge is 0.492 e. The Balaban J connectivity index is 1.86. The second-order valence-corrected chi connectivity index (χ2v) is 5.54. The third-order valence-electron chi connectivity index (χ3n) is 2.80. The summed E-state index contributed by atoms with van der Waals surface area (Å²) >= 11 is 1.79. The number of ether oxygens (including phenoxy) is 1. The summed E-state index contributed by atoms with van der Waals surface area (Å²) in [6, 6.07) is 16.1. The van der Waals surface area contributed by atoms with Crippen molar-refractivity contribution in [3.63, 3.8) is 0 Å². The molecule has 0 amide bonds. The van der Waals surface area contributed by atoms with E-state index >= 15 is 0 Å². The van der Waals surface area contributed by atoms with Gasteiger partial charge in [0.05, 0.1) is 6.61 Å². The fourth-order valence-electron chi connectivity index (χ4n) is 1.88. The van der Waals surface area contributed by atoms with Crippen molar-refractivity contribution in [2.24, 2.45) is 0 Å². The molecule has 0 heterocycles. The van der Waals surface area contributed by atoms with Crippen LogP contribution in [0.3, 0.4) is 0 Å². The smallest absolute Gasteiger partial charge is 0.122 e. The quantitative estimate of drug-likeness (QED) is 0.359. The fourth-order valence-corrected chi connectivity index (χ4v) is 2.64. The molecule has 0 atom stereocenters. The molecule has 0 fully saturated rings. The van der Waals surface area contributed by atoms with Gasteiger partial charge in [-0.3, -0.25) is 0 Å². The van der Waals surface area contributed by atoms with Gasteiger partial charge < -0.3 is 10.5 Å².